The summed E-state index contributed by atoms with van der Waals surface area (Å²) in [7, 11) is 0. The highest BCUT2D eigenvalue weighted by molar-refractivity contribution is 6.05. The molecule has 2 aromatic rings. The van der Waals surface area contributed by atoms with E-state index in [1.807, 2.05) is 38.1 Å². The molecule has 17 heavy (non-hydrogen) atoms. The molecule has 0 atom stereocenters. The average Bonchev–Trinajstić information content (AvgIpc) is 2.36. The molecule has 1 aromatic carbocycles. The van der Waals surface area contributed by atoms with Gasteiger partial charge in [-0.2, -0.15) is 0 Å². The highest BCUT2D eigenvalue weighted by Crippen LogP contribution is 2.22. The molecule has 0 saturated heterocycles. The van der Waals surface area contributed by atoms with Crippen molar-refractivity contribution < 1.29 is 4.79 Å². The molecule has 1 amide bonds. The number of fused-ring (bicyclic) bond motifs is 1. The van der Waals surface area contributed by atoms with Crippen LogP contribution < -0.4 is 11.3 Å². The lowest BCUT2D eigenvalue weighted by molar-refractivity contribution is 0.0955. The number of nitrogens with two attached hydrogens (primary N) is 1. The zero-order valence-corrected chi connectivity index (χ0v) is 9.90. The van der Waals surface area contributed by atoms with Gasteiger partial charge in [-0.05, 0) is 18.1 Å². The molecular weight excluding hydrogens is 214 g/mol. The monoisotopic (exact) mass is 229 g/mol. The fourth-order valence-electron chi connectivity index (χ4n) is 1.76. The highest BCUT2D eigenvalue weighted by Gasteiger charge is 2.12. The molecule has 0 unspecified atom stereocenters. The Labute approximate surface area is 99.8 Å². The summed E-state index contributed by atoms with van der Waals surface area (Å²) in [6.45, 7) is 4.09. The number of amides is 1. The van der Waals surface area contributed by atoms with Crippen molar-refractivity contribution in [3.8, 4) is 0 Å². The third kappa shape index (κ3) is 2.12. The molecule has 1 aromatic heterocycles. The van der Waals surface area contributed by atoms with Crippen LogP contribution in [-0.4, -0.2) is 10.9 Å². The maximum Gasteiger partial charge on any atom is 0.265 e. The van der Waals surface area contributed by atoms with Gasteiger partial charge in [-0.15, -0.1) is 0 Å². The van der Waals surface area contributed by atoms with Crippen LogP contribution in [0.4, 0.5) is 0 Å². The Hall–Kier alpha value is -1.94. The minimum atomic E-state index is -0.287. The van der Waals surface area contributed by atoms with Crippen LogP contribution in [0.3, 0.4) is 0 Å². The summed E-state index contributed by atoms with van der Waals surface area (Å²) in [4.78, 5) is 16.3. The third-order valence-electron chi connectivity index (χ3n) is 2.70. The van der Waals surface area contributed by atoms with E-state index in [-0.39, 0.29) is 11.8 Å². The minimum Gasteiger partial charge on any atom is -0.290 e. The minimum absolute atomic E-state index is 0.268. The Balaban J connectivity index is 2.73. The fraction of sp³-hybridized carbons (Fsp3) is 0.231. The number of nitrogen functional groups attached to an aromatic ring is 1. The van der Waals surface area contributed by atoms with Gasteiger partial charge in [-0.25, -0.2) is 5.84 Å². The maximum atomic E-state index is 11.7. The van der Waals surface area contributed by atoms with Gasteiger partial charge in [0.05, 0.1) is 11.1 Å². The van der Waals surface area contributed by atoms with Crippen LogP contribution in [0.25, 0.3) is 10.9 Å². The number of benzene rings is 1. The highest BCUT2D eigenvalue weighted by atomic mass is 16.2. The number of nitrogens with one attached hydrogen (secondary N) is 1. The molecule has 0 saturated carbocycles. The first-order valence-electron chi connectivity index (χ1n) is 5.54. The van der Waals surface area contributed by atoms with E-state index in [0.29, 0.717) is 5.56 Å². The van der Waals surface area contributed by atoms with Gasteiger partial charge in [0.2, 0.25) is 0 Å². The van der Waals surface area contributed by atoms with Crippen molar-refractivity contribution in [1.82, 2.24) is 10.4 Å². The average molecular weight is 229 g/mol. The van der Waals surface area contributed by atoms with Crippen LogP contribution in [0.1, 0.15) is 35.8 Å². The van der Waals surface area contributed by atoms with Crippen molar-refractivity contribution in [2.75, 3.05) is 0 Å². The number of pyridine rings is 1. The molecule has 0 bridgehead atoms. The van der Waals surface area contributed by atoms with E-state index < -0.39 is 0 Å². The fourth-order valence-corrected chi connectivity index (χ4v) is 1.76. The predicted molar refractivity (Wildman–Crippen MR) is 67.5 cm³/mol. The number of carbonyl (C=O) groups excluding carboxylic acids is 1. The quantitative estimate of drug-likeness (QED) is 0.470. The number of hydrogen-bond donors (Lipinski definition) is 2. The number of hydrazine groups is 1. The molecule has 3 N–H and O–H groups in total. The molecule has 88 valence electrons. The third-order valence-corrected chi connectivity index (χ3v) is 2.70. The van der Waals surface area contributed by atoms with Gasteiger partial charge in [-0.1, -0.05) is 32.0 Å². The SMILES string of the molecule is CC(C)c1cc(C(=O)NN)c2ccccc2n1. The lowest BCUT2D eigenvalue weighted by Gasteiger charge is -2.10. The first kappa shape index (κ1) is 11.5. The summed E-state index contributed by atoms with van der Waals surface area (Å²) in [5.41, 5.74) is 4.45. The summed E-state index contributed by atoms with van der Waals surface area (Å²) >= 11 is 0. The van der Waals surface area contributed by atoms with Crippen LogP contribution in [0.15, 0.2) is 30.3 Å². The van der Waals surface area contributed by atoms with Gasteiger partial charge in [0.1, 0.15) is 0 Å². The number of hydrogen-bond acceptors (Lipinski definition) is 3. The van der Waals surface area contributed by atoms with E-state index >= 15 is 0 Å². The van der Waals surface area contributed by atoms with Gasteiger partial charge in [0, 0.05) is 11.1 Å². The Kier molecular flexibility index (Phi) is 3.06. The number of aromatic nitrogens is 1. The molecular formula is C13H15N3O. The van der Waals surface area contributed by atoms with Gasteiger partial charge >= 0.3 is 0 Å². The summed E-state index contributed by atoms with van der Waals surface area (Å²) in [5, 5.41) is 0.819. The Morgan fingerprint density at radius 3 is 2.71 bits per heavy atom. The Morgan fingerprint density at radius 1 is 1.35 bits per heavy atom. The maximum absolute atomic E-state index is 11.7. The van der Waals surface area contributed by atoms with Gasteiger partial charge in [0.25, 0.3) is 5.91 Å². The van der Waals surface area contributed by atoms with Gasteiger partial charge in [0.15, 0.2) is 0 Å². The number of para-hydroxylation sites is 1. The largest absolute Gasteiger partial charge is 0.290 e. The Bertz CT molecular complexity index is 564. The van der Waals surface area contributed by atoms with Crippen molar-refractivity contribution in [3.05, 3.63) is 41.6 Å². The summed E-state index contributed by atoms with van der Waals surface area (Å²) in [5.74, 6) is 5.18. The second-order valence-corrected chi connectivity index (χ2v) is 4.24. The normalized spacial score (nSPS) is 10.8. The smallest absolute Gasteiger partial charge is 0.265 e. The van der Waals surface area contributed by atoms with E-state index in [4.69, 9.17) is 5.84 Å². The molecule has 4 nitrogen and oxygen atoms in total. The second-order valence-electron chi connectivity index (χ2n) is 4.24. The first-order chi connectivity index (χ1) is 8.13. The second kappa shape index (κ2) is 4.51. The van der Waals surface area contributed by atoms with Crippen LogP contribution in [-0.2, 0) is 0 Å². The van der Waals surface area contributed by atoms with E-state index in [0.717, 1.165) is 16.6 Å². The standard InChI is InChI=1S/C13H15N3O/c1-8(2)12-7-10(13(17)16-14)9-5-3-4-6-11(9)15-12/h3-8H,14H2,1-2H3,(H,16,17). The number of nitrogens with zero attached hydrogens (tertiary/aromatic N) is 1. The Morgan fingerprint density at radius 2 is 2.06 bits per heavy atom. The van der Waals surface area contributed by atoms with Gasteiger partial charge < -0.3 is 0 Å². The van der Waals surface area contributed by atoms with Crippen LogP contribution in [0.5, 0.6) is 0 Å². The molecule has 0 aliphatic carbocycles. The zero-order chi connectivity index (χ0) is 12.4. The lowest BCUT2D eigenvalue weighted by atomic mass is 10.0. The molecule has 0 spiro atoms. The molecule has 4 heteroatoms. The van der Waals surface area contributed by atoms with Gasteiger partial charge in [-0.3, -0.25) is 15.2 Å². The van der Waals surface area contributed by atoms with Crippen molar-refractivity contribution in [2.24, 2.45) is 5.84 Å². The van der Waals surface area contributed by atoms with Crippen molar-refractivity contribution in [2.45, 2.75) is 19.8 Å². The molecule has 0 radical (unpaired) electrons. The zero-order valence-electron chi connectivity index (χ0n) is 9.90. The van der Waals surface area contributed by atoms with Crippen molar-refractivity contribution >= 4 is 16.8 Å². The van der Waals surface area contributed by atoms with E-state index in [1.54, 1.807) is 6.07 Å². The number of rotatable bonds is 2. The van der Waals surface area contributed by atoms with Crippen LogP contribution in [0, 0.1) is 0 Å². The van der Waals surface area contributed by atoms with Crippen molar-refractivity contribution in [1.29, 1.82) is 0 Å². The molecule has 1 heterocycles. The predicted octanol–water partition coefficient (Wildman–Crippen LogP) is 1.96. The van der Waals surface area contributed by atoms with E-state index in [1.165, 1.54) is 0 Å². The topological polar surface area (TPSA) is 68.0 Å². The van der Waals surface area contributed by atoms with Crippen LogP contribution >= 0.6 is 0 Å². The molecule has 2 rings (SSSR count). The molecule has 0 aliphatic rings. The summed E-state index contributed by atoms with van der Waals surface area (Å²) in [6.07, 6.45) is 0. The first-order valence-corrected chi connectivity index (χ1v) is 5.54. The van der Waals surface area contributed by atoms with Crippen molar-refractivity contribution in [3.63, 3.8) is 0 Å². The van der Waals surface area contributed by atoms with Crippen LogP contribution in [0.2, 0.25) is 0 Å². The number of carbonyl (C=O) groups is 1. The van der Waals surface area contributed by atoms with E-state index in [9.17, 15) is 4.79 Å². The van der Waals surface area contributed by atoms with E-state index in [2.05, 4.69) is 10.4 Å². The molecule has 0 aliphatic heterocycles. The summed E-state index contributed by atoms with van der Waals surface area (Å²) < 4.78 is 0. The lowest BCUT2D eigenvalue weighted by Crippen LogP contribution is -2.30. The molecule has 0 fully saturated rings. The summed E-state index contributed by atoms with van der Waals surface area (Å²) in [6, 6.07) is 9.36.